The standard InChI is InChI=1S/C10H18N4O/c1-3-8(2)13-7-10(15)14-6-9-11-4-5-12-9/h4-5,8,13H,3,6-7H2,1-2H3,(H,11,12)(H,14,15). The highest BCUT2D eigenvalue weighted by atomic mass is 16.1. The molecular weight excluding hydrogens is 192 g/mol. The maximum Gasteiger partial charge on any atom is 0.234 e. The Kier molecular flexibility index (Phi) is 4.83. The molecule has 0 aliphatic heterocycles. The molecule has 0 spiro atoms. The lowest BCUT2D eigenvalue weighted by atomic mass is 10.2. The molecular formula is C10H18N4O. The van der Waals surface area contributed by atoms with Gasteiger partial charge in [-0.3, -0.25) is 4.79 Å². The zero-order valence-electron chi connectivity index (χ0n) is 9.21. The fourth-order valence-electron chi connectivity index (χ4n) is 1.05. The fourth-order valence-corrected chi connectivity index (χ4v) is 1.05. The average Bonchev–Trinajstić information content (AvgIpc) is 2.75. The first kappa shape index (κ1) is 11.7. The van der Waals surface area contributed by atoms with E-state index in [1.807, 2.05) is 0 Å². The monoisotopic (exact) mass is 210 g/mol. The van der Waals surface area contributed by atoms with Gasteiger partial charge >= 0.3 is 0 Å². The number of aromatic amines is 1. The largest absolute Gasteiger partial charge is 0.348 e. The molecule has 1 amide bonds. The van der Waals surface area contributed by atoms with Crippen molar-refractivity contribution in [2.24, 2.45) is 0 Å². The lowest BCUT2D eigenvalue weighted by Gasteiger charge is -2.10. The summed E-state index contributed by atoms with van der Waals surface area (Å²) in [4.78, 5) is 18.3. The molecule has 0 aliphatic carbocycles. The number of hydrogen-bond acceptors (Lipinski definition) is 3. The minimum absolute atomic E-state index is 0.00769. The second kappa shape index (κ2) is 6.19. The third-order valence-electron chi connectivity index (χ3n) is 2.23. The molecule has 1 rings (SSSR count). The smallest absolute Gasteiger partial charge is 0.234 e. The molecule has 0 saturated carbocycles. The first-order chi connectivity index (χ1) is 7.22. The van der Waals surface area contributed by atoms with Crippen LogP contribution in [-0.2, 0) is 11.3 Å². The number of nitrogens with zero attached hydrogens (tertiary/aromatic N) is 1. The van der Waals surface area contributed by atoms with Crippen LogP contribution >= 0.6 is 0 Å². The van der Waals surface area contributed by atoms with E-state index < -0.39 is 0 Å². The summed E-state index contributed by atoms with van der Waals surface area (Å²) in [6.45, 7) is 4.95. The summed E-state index contributed by atoms with van der Waals surface area (Å²) < 4.78 is 0. The molecule has 0 aliphatic rings. The second-order valence-electron chi connectivity index (χ2n) is 3.50. The number of amides is 1. The van der Waals surface area contributed by atoms with Crippen molar-refractivity contribution >= 4 is 5.91 Å². The van der Waals surface area contributed by atoms with Crippen molar-refractivity contribution < 1.29 is 4.79 Å². The molecule has 0 saturated heterocycles. The summed E-state index contributed by atoms with van der Waals surface area (Å²) in [5.74, 6) is 0.763. The highest BCUT2D eigenvalue weighted by Crippen LogP contribution is 1.88. The van der Waals surface area contributed by atoms with Crippen LogP contribution in [0.2, 0.25) is 0 Å². The van der Waals surface area contributed by atoms with E-state index in [4.69, 9.17) is 0 Å². The van der Waals surface area contributed by atoms with Gasteiger partial charge in [-0.2, -0.15) is 0 Å². The molecule has 84 valence electrons. The van der Waals surface area contributed by atoms with Crippen LogP contribution in [0.15, 0.2) is 12.4 Å². The summed E-state index contributed by atoms with van der Waals surface area (Å²) >= 11 is 0. The highest BCUT2D eigenvalue weighted by Gasteiger charge is 2.03. The van der Waals surface area contributed by atoms with Gasteiger partial charge < -0.3 is 15.6 Å². The zero-order chi connectivity index (χ0) is 11.1. The van der Waals surface area contributed by atoms with Crippen LogP contribution in [-0.4, -0.2) is 28.5 Å². The number of carbonyl (C=O) groups is 1. The van der Waals surface area contributed by atoms with Gasteiger partial charge in [0.25, 0.3) is 0 Å². The van der Waals surface area contributed by atoms with Crippen molar-refractivity contribution in [3.8, 4) is 0 Å². The topological polar surface area (TPSA) is 69.8 Å². The predicted octanol–water partition coefficient (Wildman–Crippen LogP) is 0.414. The Hall–Kier alpha value is -1.36. The normalized spacial score (nSPS) is 12.4. The third-order valence-corrected chi connectivity index (χ3v) is 2.23. The van der Waals surface area contributed by atoms with E-state index >= 15 is 0 Å². The van der Waals surface area contributed by atoms with E-state index in [1.165, 1.54) is 0 Å². The SMILES string of the molecule is CCC(C)NCC(=O)NCc1ncc[nH]1. The Labute approximate surface area is 89.7 Å². The number of hydrogen-bond donors (Lipinski definition) is 3. The molecule has 3 N–H and O–H groups in total. The Morgan fingerprint density at radius 2 is 2.47 bits per heavy atom. The summed E-state index contributed by atoms with van der Waals surface area (Å²) in [7, 11) is 0. The Morgan fingerprint density at radius 1 is 1.67 bits per heavy atom. The number of nitrogens with one attached hydrogen (secondary N) is 3. The Balaban J connectivity index is 2.14. The number of rotatable bonds is 6. The molecule has 0 radical (unpaired) electrons. The number of carbonyl (C=O) groups excluding carboxylic acids is 1. The van der Waals surface area contributed by atoms with E-state index in [0.717, 1.165) is 12.2 Å². The van der Waals surface area contributed by atoms with E-state index in [-0.39, 0.29) is 5.91 Å². The maximum atomic E-state index is 11.3. The summed E-state index contributed by atoms with van der Waals surface area (Å²) in [6.07, 6.45) is 4.42. The van der Waals surface area contributed by atoms with E-state index in [1.54, 1.807) is 12.4 Å². The van der Waals surface area contributed by atoms with Gasteiger partial charge in [0.05, 0.1) is 13.1 Å². The van der Waals surface area contributed by atoms with Crippen molar-refractivity contribution in [2.45, 2.75) is 32.9 Å². The zero-order valence-corrected chi connectivity index (χ0v) is 9.21. The summed E-state index contributed by atoms with van der Waals surface area (Å²) in [6, 6.07) is 0.374. The number of aromatic nitrogens is 2. The number of imidazole rings is 1. The molecule has 1 aromatic heterocycles. The van der Waals surface area contributed by atoms with E-state index in [2.05, 4.69) is 34.4 Å². The van der Waals surface area contributed by atoms with Crippen molar-refractivity contribution in [3.63, 3.8) is 0 Å². The van der Waals surface area contributed by atoms with E-state index in [9.17, 15) is 4.79 Å². The summed E-state index contributed by atoms with van der Waals surface area (Å²) in [5.41, 5.74) is 0. The Morgan fingerprint density at radius 3 is 3.07 bits per heavy atom. The molecule has 1 aromatic rings. The van der Waals surface area contributed by atoms with Crippen LogP contribution < -0.4 is 10.6 Å². The molecule has 5 heteroatoms. The van der Waals surface area contributed by atoms with Gasteiger partial charge in [0.2, 0.25) is 5.91 Å². The minimum atomic E-state index is -0.00769. The summed E-state index contributed by atoms with van der Waals surface area (Å²) in [5, 5.41) is 5.89. The van der Waals surface area contributed by atoms with Gasteiger partial charge in [0.1, 0.15) is 5.82 Å². The first-order valence-corrected chi connectivity index (χ1v) is 5.20. The van der Waals surface area contributed by atoms with Crippen LogP contribution in [0.25, 0.3) is 0 Å². The van der Waals surface area contributed by atoms with Crippen LogP contribution in [0, 0.1) is 0 Å². The third kappa shape index (κ3) is 4.60. The van der Waals surface area contributed by atoms with Crippen LogP contribution in [0.3, 0.4) is 0 Å². The first-order valence-electron chi connectivity index (χ1n) is 5.20. The van der Waals surface area contributed by atoms with Crippen molar-refractivity contribution in [1.82, 2.24) is 20.6 Å². The lowest BCUT2D eigenvalue weighted by molar-refractivity contribution is -0.120. The molecule has 15 heavy (non-hydrogen) atoms. The molecule has 1 atom stereocenters. The fraction of sp³-hybridized carbons (Fsp3) is 0.600. The Bertz CT molecular complexity index is 284. The molecule has 0 fully saturated rings. The number of H-pyrrole nitrogens is 1. The van der Waals surface area contributed by atoms with Gasteiger partial charge in [0.15, 0.2) is 0 Å². The van der Waals surface area contributed by atoms with Crippen LogP contribution in [0.1, 0.15) is 26.1 Å². The predicted molar refractivity (Wildman–Crippen MR) is 58.2 cm³/mol. The van der Waals surface area contributed by atoms with Crippen molar-refractivity contribution in [1.29, 1.82) is 0 Å². The quantitative estimate of drug-likeness (QED) is 0.637. The van der Waals surface area contributed by atoms with Gasteiger partial charge in [-0.05, 0) is 13.3 Å². The van der Waals surface area contributed by atoms with Crippen molar-refractivity contribution in [3.05, 3.63) is 18.2 Å². The van der Waals surface area contributed by atoms with Gasteiger partial charge in [-0.15, -0.1) is 0 Å². The van der Waals surface area contributed by atoms with Gasteiger partial charge in [-0.25, -0.2) is 4.98 Å². The van der Waals surface area contributed by atoms with Gasteiger partial charge in [-0.1, -0.05) is 6.92 Å². The molecule has 1 unspecified atom stereocenters. The molecule has 0 aromatic carbocycles. The highest BCUT2D eigenvalue weighted by molar-refractivity contribution is 5.77. The maximum absolute atomic E-state index is 11.3. The van der Waals surface area contributed by atoms with Gasteiger partial charge in [0, 0.05) is 18.4 Å². The molecule has 0 bridgehead atoms. The van der Waals surface area contributed by atoms with E-state index in [0.29, 0.717) is 19.1 Å². The van der Waals surface area contributed by atoms with Crippen LogP contribution in [0.4, 0.5) is 0 Å². The molecule has 5 nitrogen and oxygen atoms in total. The average molecular weight is 210 g/mol. The van der Waals surface area contributed by atoms with Crippen LogP contribution in [0.5, 0.6) is 0 Å². The minimum Gasteiger partial charge on any atom is -0.348 e. The second-order valence-corrected chi connectivity index (χ2v) is 3.50. The van der Waals surface area contributed by atoms with Crippen molar-refractivity contribution in [2.75, 3.05) is 6.54 Å². The lowest BCUT2D eigenvalue weighted by Crippen LogP contribution is -2.37. The molecule has 1 heterocycles.